The summed E-state index contributed by atoms with van der Waals surface area (Å²) in [6.45, 7) is 1.39. The Hall–Kier alpha value is -2.87. The molecule has 1 N–H and O–H groups in total. The number of phenols is 1. The number of para-hydroxylation sites is 1. The van der Waals surface area contributed by atoms with Crippen LogP contribution in [0.25, 0.3) is 31.8 Å². The Labute approximate surface area is 148 Å². The number of aromatic nitrogens is 1. The number of phenolic OH excluding ortho intramolecular Hbond substituents is 1. The average molecular weight is 377 g/mol. The highest BCUT2D eigenvalue weighted by Crippen LogP contribution is 2.40. The average Bonchev–Trinajstić information content (AvgIpc) is 3.00. The fourth-order valence-electron chi connectivity index (χ4n) is 2.76. The van der Waals surface area contributed by atoms with E-state index in [4.69, 9.17) is 4.42 Å². The first-order valence-electron chi connectivity index (χ1n) is 7.50. The smallest absolute Gasteiger partial charge is 0.450 e. The van der Waals surface area contributed by atoms with E-state index in [1.165, 1.54) is 19.1 Å². The van der Waals surface area contributed by atoms with E-state index in [1.807, 2.05) is 0 Å². The van der Waals surface area contributed by atoms with Crippen LogP contribution in [0, 0.1) is 6.92 Å². The van der Waals surface area contributed by atoms with E-state index in [2.05, 4.69) is 4.98 Å². The Morgan fingerprint density at radius 3 is 2.58 bits per heavy atom. The number of halogens is 3. The predicted molar refractivity (Wildman–Crippen MR) is 92.5 cm³/mol. The fraction of sp³-hybridized carbons (Fsp3) is 0.111. The molecule has 0 aliphatic heterocycles. The summed E-state index contributed by atoms with van der Waals surface area (Å²) < 4.78 is 46.6. The van der Waals surface area contributed by atoms with Crippen molar-refractivity contribution >= 4 is 32.5 Å². The van der Waals surface area contributed by atoms with Crippen LogP contribution in [0.15, 0.2) is 45.6 Å². The number of aryl methyl sites for hydroxylation is 1. The Morgan fingerprint density at radius 1 is 1.15 bits per heavy atom. The van der Waals surface area contributed by atoms with Crippen molar-refractivity contribution in [2.45, 2.75) is 13.1 Å². The van der Waals surface area contributed by atoms with Gasteiger partial charge in [-0.05, 0) is 31.2 Å². The standard InChI is InChI=1S/C18H10F3NO3S/c1-8-11(23)7-6-9-14(24)13(16(18(19,20)21)25-15(8)9)17-22-10-4-2-3-5-12(10)26-17/h2-7,23H,1H3. The van der Waals surface area contributed by atoms with Crippen molar-refractivity contribution in [2.75, 3.05) is 0 Å². The third-order valence-electron chi connectivity index (χ3n) is 4.05. The van der Waals surface area contributed by atoms with Gasteiger partial charge in [0.25, 0.3) is 0 Å². The van der Waals surface area contributed by atoms with Gasteiger partial charge >= 0.3 is 6.18 Å². The number of thiazole rings is 1. The molecule has 0 atom stereocenters. The molecule has 0 unspecified atom stereocenters. The number of fused-ring (bicyclic) bond motifs is 2. The highest BCUT2D eigenvalue weighted by atomic mass is 32.1. The van der Waals surface area contributed by atoms with Crippen LogP contribution in [0.3, 0.4) is 0 Å². The largest absolute Gasteiger partial charge is 0.508 e. The first-order chi connectivity index (χ1) is 12.3. The summed E-state index contributed by atoms with van der Waals surface area (Å²) in [5.41, 5.74) is -1.16. The lowest BCUT2D eigenvalue weighted by molar-refractivity contribution is -0.152. The number of aromatic hydroxyl groups is 1. The van der Waals surface area contributed by atoms with Gasteiger partial charge in [-0.25, -0.2) is 4.98 Å². The molecule has 4 rings (SSSR count). The zero-order valence-corrected chi connectivity index (χ0v) is 14.0. The van der Waals surface area contributed by atoms with Crippen LogP contribution in [0.5, 0.6) is 5.75 Å². The second-order valence-electron chi connectivity index (χ2n) is 5.71. The third-order valence-corrected chi connectivity index (χ3v) is 5.10. The molecule has 8 heteroatoms. The zero-order valence-electron chi connectivity index (χ0n) is 13.2. The number of hydrogen-bond acceptors (Lipinski definition) is 5. The van der Waals surface area contributed by atoms with E-state index < -0.39 is 22.9 Å². The highest BCUT2D eigenvalue weighted by molar-refractivity contribution is 7.21. The van der Waals surface area contributed by atoms with E-state index >= 15 is 0 Å². The topological polar surface area (TPSA) is 63.3 Å². The minimum atomic E-state index is -4.89. The monoisotopic (exact) mass is 377 g/mol. The summed E-state index contributed by atoms with van der Waals surface area (Å²) in [6, 6.07) is 9.34. The zero-order chi connectivity index (χ0) is 18.6. The number of nitrogens with zero attached hydrogens (tertiary/aromatic N) is 1. The van der Waals surface area contributed by atoms with E-state index in [0.717, 1.165) is 11.3 Å². The fourth-order valence-corrected chi connectivity index (χ4v) is 3.76. The van der Waals surface area contributed by atoms with Crippen molar-refractivity contribution in [3.63, 3.8) is 0 Å². The van der Waals surface area contributed by atoms with E-state index in [1.54, 1.807) is 24.3 Å². The maximum Gasteiger partial charge on any atom is 0.450 e. The Balaban J connectivity index is 2.15. The molecule has 0 bridgehead atoms. The van der Waals surface area contributed by atoms with Crippen molar-refractivity contribution in [1.82, 2.24) is 4.98 Å². The Bertz CT molecular complexity index is 1190. The van der Waals surface area contributed by atoms with Gasteiger partial charge in [-0.15, -0.1) is 11.3 Å². The van der Waals surface area contributed by atoms with Gasteiger partial charge in [0.15, 0.2) is 0 Å². The van der Waals surface area contributed by atoms with Gasteiger partial charge in [-0.3, -0.25) is 4.79 Å². The van der Waals surface area contributed by atoms with Crippen LogP contribution in [-0.4, -0.2) is 10.1 Å². The van der Waals surface area contributed by atoms with Gasteiger partial charge in [0.1, 0.15) is 21.9 Å². The van der Waals surface area contributed by atoms with Crippen molar-refractivity contribution in [1.29, 1.82) is 0 Å². The van der Waals surface area contributed by atoms with E-state index in [9.17, 15) is 23.1 Å². The van der Waals surface area contributed by atoms with Gasteiger partial charge in [-0.1, -0.05) is 12.1 Å². The second-order valence-corrected chi connectivity index (χ2v) is 6.74. The van der Waals surface area contributed by atoms with Gasteiger partial charge in [0, 0.05) is 5.56 Å². The maximum atomic E-state index is 13.6. The molecule has 132 valence electrons. The molecule has 0 aliphatic rings. The lowest BCUT2D eigenvalue weighted by Crippen LogP contribution is -2.16. The van der Waals surface area contributed by atoms with Crippen molar-refractivity contribution in [3.8, 4) is 16.3 Å². The summed E-state index contributed by atoms with van der Waals surface area (Å²) in [4.78, 5) is 17.0. The summed E-state index contributed by atoms with van der Waals surface area (Å²) >= 11 is 0.990. The number of rotatable bonds is 1. The molecule has 0 saturated heterocycles. The van der Waals surface area contributed by atoms with Crippen LogP contribution in [0.1, 0.15) is 11.3 Å². The summed E-state index contributed by atoms with van der Waals surface area (Å²) in [5, 5.41) is 9.63. The van der Waals surface area contributed by atoms with Crippen LogP contribution >= 0.6 is 11.3 Å². The number of alkyl halides is 3. The molecular formula is C18H10F3NO3S. The summed E-state index contributed by atoms with van der Waals surface area (Å²) in [6.07, 6.45) is -4.89. The van der Waals surface area contributed by atoms with Gasteiger partial charge in [0.2, 0.25) is 11.2 Å². The molecule has 0 saturated carbocycles. The molecule has 2 aromatic heterocycles. The van der Waals surface area contributed by atoms with Crippen LogP contribution in [0.2, 0.25) is 0 Å². The predicted octanol–water partition coefficient (Wildman–Crippen LogP) is 5.10. The number of hydrogen-bond donors (Lipinski definition) is 1. The highest BCUT2D eigenvalue weighted by Gasteiger charge is 2.40. The molecule has 0 spiro atoms. The summed E-state index contributed by atoms with van der Waals surface area (Å²) in [5.74, 6) is -1.66. The molecule has 0 fully saturated rings. The van der Waals surface area contributed by atoms with E-state index in [-0.39, 0.29) is 27.3 Å². The molecule has 4 aromatic rings. The van der Waals surface area contributed by atoms with Crippen LogP contribution in [-0.2, 0) is 6.18 Å². The molecule has 4 nitrogen and oxygen atoms in total. The van der Waals surface area contributed by atoms with Crippen molar-refractivity contribution < 1.29 is 22.7 Å². The molecule has 0 aliphatic carbocycles. The maximum absolute atomic E-state index is 13.6. The van der Waals surface area contributed by atoms with Crippen LogP contribution in [0.4, 0.5) is 13.2 Å². The Morgan fingerprint density at radius 2 is 1.88 bits per heavy atom. The first kappa shape index (κ1) is 16.6. The molecule has 0 amide bonds. The quantitative estimate of drug-likeness (QED) is 0.501. The lowest BCUT2D eigenvalue weighted by atomic mass is 10.1. The van der Waals surface area contributed by atoms with Crippen molar-refractivity contribution in [3.05, 3.63) is 57.9 Å². The van der Waals surface area contributed by atoms with Gasteiger partial charge < -0.3 is 9.52 Å². The first-order valence-corrected chi connectivity index (χ1v) is 8.31. The number of benzene rings is 2. The van der Waals surface area contributed by atoms with Crippen molar-refractivity contribution in [2.24, 2.45) is 0 Å². The second kappa shape index (κ2) is 5.57. The third kappa shape index (κ3) is 2.45. The molecule has 0 radical (unpaired) electrons. The lowest BCUT2D eigenvalue weighted by Gasteiger charge is -2.12. The van der Waals surface area contributed by atoms with Gasteiger partial charge in [0.05, 0.1) is 15.6 Å². The van der Waals surface area contributed by atoms with E-state index in [0.29, 0.717) is 10.2 Å². The molecule has 26 heavy (non-hydrogen) atoms. The minimum absolute atomic E-state index is 0.0393. The summed E-state index contributed by atoms with van der Waals surface area (Å²) in [7, 11) is 0. The molecule has 2 aromatic carbocycles. The van der Waals surface area contributed by atoms with Crippen LogP contribution < -0.4 is 5.43 Å². The normalized spacial score (nSPS) is 12.2. The minimum Gasteiger partial charge on any atom is -0.508 e. The SMILES string of the molecule is Cc1c(O)ccc2c(=O)c(-c3nc4ccccc4s3)c(C(F)(F)F)oc12. The Kier molecular flexibility index (Phi) is 3.55. The van der Waals surface area contributed by atoms with Gasteiger partial charge in [-0.2, -0.15) is 13.2 Å². The molecule has 2 heterocycles. The molecular weight excluding hydrogens is 367 g/mol.